The Balaban J connectivity index is 2.73. The molecule has 0 aliphatic rings. The highest BCUT2D eigenvalue weighted by molar-refractivity contribution is 7.79. The number of hydrogen-bond donors (Lipinski definition) is 1. The molecular formula is C13H14O2S. The molecule has 2 aromatic rings. The first-order chi connectivity index (χ1) is 7.74. The Bertz CT molecular complexity index is 534. The van der Waals surface area contributed by atoms with Crippen LogP contribution in [0.1, 0.15) is 18.9 Å². The van der Waals surface area contributed by atoms with Crippen LogP contribution in [0.15, 0.2) is 41.3 Å². The van der Waals surface area contributed by atoms with E-state index in [1.165, 1.54) is 0 Å². The average Bonchev–Trinajstić information content (AvgIpc) is 2.28. The van der Waals surface area contributed by atoms with Crippen LogP contribution in [0.2, 0.25) is 0 Å². The number of benzene rings is 2. The van der Waals surface area contributed by atoms with Crippen LogP contribution in [0.25, 0.3) is 10.8 Å². The summed E-state index contributed by atoms with van der Waals surface area (Å²) in [6, 6.07) is 11.7. The minimum absolute atomic E-state index is 0.569. The zero-order chi connectivity index (χ0) is 11.5. The van der Waals surface area contributed by atoms with Gasteiger partial charge in [-0.05, 0) is 17.4 Å². The molecule has 1 atom stereocenters. The van der Waals surface area contributed by atoms with Crippen molar-refractivity contribution in [1.82, 2.24) is 0 Å². The number of rotatable bonds is 3. The minimum Gasteiger partial charge on any atom is -0.302 e. The second kappa shape index (κ2) is 4.76. The topological polar surface area (TPSA) is 37.3 Å². The van der Waals surface area contributed by atoms with Crippen LogP contribution in [0, 0.1) is 0 Å². The molecule has 0 saturated heterocycles. The predicted molar refractivity (Wildman–Crippen MR) is 67.0 cm³/mol. The summed E-state index contributed by atoms with van der Waals surface area (Å²) in [5, 5.41) is 1.90. The van der Waals surface area contributed by atoms with E-state index >= 15 is 0 Å². The molecule has 84 valence electrons. The third-order valence-electron chi connectivity index (χ3n) is 2.66. The second-order valence-electron chi connectivity index (χ2n) is 3.77. The largest absolute Gasteiger partial charge is 0.302 e. The Morgan fingerprint density at radius 2 is 1.94 bits per heavy atom. The smallest absolute Gasteiger partial charge is 0.187 e. The molecule has 0 aliphatic heterocycles. The Labute approximate surface area is 97.6 Å². The van der Waals surface area contributed by atoms with Gasteiger partial charge in [-0.1, -0.05) is 49.7 Å². The fourth-order valence-electron chi connectivity index (χ4n) is 1.96. The number of hydrogen-bond acceptors (Lipinski definition) is 1. The molecule has 0 bridgehead atoms. The van der Waals surface area contributed by atoms with Gasteiger partial charge in [-0.25, -0.2) is 4.21 Å². The lowest BCUT2D eigenvalue weighted by molar-refractivity contribution is 0.564. The van der Waals surface area contributed by atoms with E-state index < -0.39 is 11.1 Å². The van der Waals surface area contributed by atoms with Crippen LogP contribution < -0.4 is 0 Å². The third kappa shape index (κ3) is 2.01. The van der Waals surface area contributed by atoms with Gasteiger partial charge in [0.1, 0.15) is 0 Å². The number of fused-ring (bicyclic) bond motifs is 1. The first-order valence-corrected chi connectivity index (χ1v) is 6.46. The van der Waals surface area contributed by atoms with E-state index in [9.17, 15) is 8.76 Å². The van der Waals surface area contributed by atoms with Gasteiger partial charge in [0.2, 0.25) is 0 Å². The molecule has 0 aliphatic carbocycles. The van der Waals surface area contributed by atoms with Gasteiger partial charge in [0.05, 0.1) is 4.90 Å². The van der Waals surface area contributed by atoms with E-state index in [-0.39, 0.29) is 0 Å². The molecule has 2 rings (SSSR count). The molecule has 1 N–H and O–H groups in total. The molecular weight excluding hydrogens is 220 g/mol. The van der Waals surface area contributed by atoms with Crippen molar-refractivity contribution in [2.24, 2.45) is 0 Å². The molecule has 0 fully saturated rings. The van der Waals surface area contributed by atoms with E-state index in [2.05, 4.69) is 6.92 Å². The van der Waals surface area contributed by atoms with E-state index in [0.717, 1.165) is 29.2 Å². The molecule has 0 heterocycles. The molecule has 2 nitrogen and oxygen atoms in total. The molecule has 0 amide bonds. The van der Waals surface area contributed by atoms with E-state index in [1.54, 1.807) is 0 Å². The predicted octanol–water partition coefficient (Wildman–Crippen LogP) is 3.37. The Kier molecular flexibility index (Phi) is 3.36. The monoisotopic (exact) mass is 234 g/mol. The first-order valence-electron chi connectivity index (χ1n) is 5.35. The van der Waals surface area contributed by atoms with Crippen molar-refractivity contribution in [3.05, 3.63) is 42.0 Å². The molecule has 0 aromatic heterocycles. The van der Waals surface area contributed by atoms with Gasteiger partial charge in [0, 0.05) is 5.39 Å². The standard InChI is InChI=1S/C13H14O2S/c1-2-5-11-9-8-10-6-3-4-7-12(10)13(11)16(14)15/h3-4,6-9H,2,5H2,1H3,(H,14,15). The third-order valence-corrected chi connectivity index (χ3v) is 3.49. The fourth-order valence-corrected chi connectivity index (χ4v) is 2.73. The van der Waals surface area contributed by atoms with Crippen LogP contribution in [0.4, 0.5) is 0 Å². The molecule has 16 heavy (non-hydrogen) atoms. The first kappa shape index (κ1) is 11.3. The van der Waals surface area contributed by atoms with Crippen molar-refractivity contribution < 1.29 is 8.76 Å². The quantitative estimate of drug-likeness (QED) is 0.827. The van der Waals surface area contributed by atoms with Gasteiger partial charge in [0.25, 0.3) is 0 Å². The maximum absolute atomic E-state index is 11.4. The van der Waals surface area contributed by atoms with Gasteiger partial charge in [0.15, 0.2) is 11.1 Å². The highest BCUT2D eigenvalue weighted by atomic mass is 32.2. The maximum Gasteiger partial charge on any atom is 0.187 e. The van der Waals surface area contributed by atoms with Crippen LogP contribution in [0.3, 0.4) is 0 Å². The molecule has 1 unspecified atom stereocenters. The van der Waals surface area contributed by atoms with E-state index in [4.69, 9.17) is 0 Å². The van der Waals surface area contributed by atoms with E-state index in [1.807, 2.05) is 36.4 Å². The summed E-state index contributed by atoms with van der Waals surface area (Å²) in [5.41, 5.74) is 0.974. The summed E-state index contributed by atoms with van der Waals surface area (Å²) in [4.78, 5) is 0.569. The Morgan fingerprint density at radius 1 is 1.19 bits per heavy atom. The highest BCUT2D eigenvalue weighted by Gasteiger charge is 2.11. The van der Waals surface area contributed by atoms with Gasteiger partial charge in [-0.15, -0.1) is 0 Å². The van der Waals surface area contributed by atoms with Crippen LogP contribution >= 0.6 is 0 Å². The zero-order valence-corrected chi connectivity index (χ0v) is 9.96. The van der Waals surface area contributed by atoms with Gasteiger partial charge in [-0.3, -0.25) is 0 Å². The molecule has 0 spiro atoms. The lowest BCUT2D eigenvalue weighted by Crippen LogP contribution is -1.97. The van der Waals surface area contributed by atoms with Crippen molar-refractivity contribution in [3.63, 3.8) is 0 Å². The summed E-state index contributed by atoms with van der Waals surface area (Å²) in [6.07, 6.45) is 1.81. The number of aryl methyl sites for hydroxylation is 1. The van der Waals surface area contributed by atoms with Crippen molar-refractivity contribution >= 4 is 21.9 Å². The lowest BCUT2D eigenvalue weighted by Gasteiger charge is -2.09. The molecule has 0 saturated carbocycles. The Hall–Kier alpha value is -1.19. The van der Waals surface area contributed by atoms with Crippen LogP contribution in [0.5, 0.6) is 0 Å². The van der Waals surface area contributed by atoms with Gasteiger partial charge >= 0.3 is 0 Å². The lowest BCUT2D eigenvalue weighted by atomic mass is 10.0. The second-order valence-corrected chi connectivity index (χ2v) is 4.68. The van der Waals surface area contributed by atoms with Crippen LogP contribution in [-0.4, -0.2) is 8.76 Å². The summed E-state index contributed by atoms with van der Waals surface area (Å²) < 4.78 is 20.8. The van der Waals surface area contributed by atoms with Gasteiger partial charge in [-0.2, -0.15) is 0 Å². The van der Waals surface area contributed by atoms with Crippen LogP contribution in [-0.2, 0) is 17.5 Å². The average molecular weight is 234 g/mol. The van der Waals surface area contributed by atoms with Crippen molar-refractivity contribution in [1.29, 1.82) is 0 Å². The zero-order valence-electron chi connectivity index (χ0n) is 9.14. The highest BCUT2D eigenvalue weighted by Crippen LogP contribution is 2.25. The summed E-state index contributed by atoms with van der Waals surface area (Å²) in [6.45, 7) is 2.07. The SMILES string of the molecule is CCCc1ccc2ccccc2c1S(=O)O. The minimum atomic E-state index is -1.92. The maximum atomic E-state index is 11.4. The van der Waals surface area contributed by atoms with Crippen molar-refractivity contribution in [2.75, 3.05) is 0 Å². The van der Waals surface area contributed by atoms with Crippen molar-refractivity contribution in [3.8, 4) is 0 Å². The summed E-state index contributed by atoms with van der Waals surface area (Å²) in [5.74, 6) is 0. The normalized spacial score (nSPS) is 12.9. The summed E-state index contributed by atoms with van der Waals surface area (Å²) >= 11 is -1.92. The molecule has 3 heteroatoms. The molecule has 0 radical (unpaired) electrons. The molecule has 2 aromatic carbocycles. The van der Waals surface area contributed by atoms with Crippen molar-refractivity contribution in [2.45, 2.75) is 24.7 Å². The fraction of sp³-hybridized carbons (Fsp3) is 0.231. The van der Waals surface area contributed by atoms with E-state index in [0.29, 0.717) is 4.90 Å². The summed E-state index contributed by atoms with van der Waals surface area (Å²) in [7, 11) is 0. The Morgan fingerprint density at radius 3 is 2.62 bits per heavy atom. The van der Waals surface area contributed by atoms with Gasteiger partial charge < -0.3 is 4.55 Å².